The summed E-state index contributed by atoms with van der Waals surface area (Å²) in [7, 11) is 0. The number of amides is 1. The molecule has 2 fully saturated rings. The van der Waals surface area contributed by atoms with Crippen LogP contribution in [0.2, 0.25) is 0 Å². The van der Waals surface area contributed by atoms with Crippen LogP contribution in [-0.4, -0.2) is 66.1 Å². The number of esters is 1. The molecular formula is C21H38N2O5. The van der Waals surface area contributed by atoms with Crippen LogP contribution >= 0.6 is 0 Å². The molecule has 162 valence electrons. The van der Waals surface area contributed by atoms with Crippen LogP contribution in [0.5, 0.6) is 0 Å². The number of rotatable bonds is 6. The van der Waals surface area contributed by atoms with E-state index in [4.69, 9.17) is 9.47 Å². The lowest BCUT2D eigenvalue weighted by molar-refractivity contribution is -0.159. The van der Waals surface area contributed by atoms with Crippen molar-refractivity contribution >= 4 is 12.1 Å². The van der Waals surface area contributed by atoms with E-state index < -0.39 is 11.0 Å². The molecular weight excluding hydrogens is 360 g/mol. The Bertz CT molecular complexity index is 525. The first-order valence-electron chi connectivity index (χ1n) is 10.7. The summed E-state index contributed by atoms with van der Waals surface area (Å²) in [5.74, 6) is -0.218. The fraction of sp³-hybridized carbons (Fsp3) is 0.905. The SMILES string of the molecule is CCOC(=O)C1(CCNC2CCC(O)CC2)CCCN(C(=O)OC(C)(C)C)C1. The van der Waals surface area contributed by atoms with E-state index in [2.05, 4.69) is 5.32 Å². The summed E-state index contributed by atoms with van der Waals surface area (Å²) < 4.78 is 10.9. The number of likely N-dealkylation sites (tertiary alicyclic amines) is 1. The monoisotopic (exact) mass is 398 g/mol. The molecule has 1 saturated carbocycles. The van der Waals surface area contributed by atoms with Crippen molar-refractivity contribution < 1.29 is 24.2 Å². The highest BCUT2D eigenvalue weighted by Gasteiger charge is 2.45. The maximum Gasteiger partial charge on any atom is 0.410 e. The van der Waals surface area contributed by atoms with Crippen molar-refractivity contribution in [1.82, 2.24) is 10.2 Å². The summed E-state index contributed by atoms with van der Waals surface area (Å²) in [6.07, 6.45) is 5.13. The second-order valence-electron chi connectivity index (χ2n) is 9.22. The molecule has 1 heterocycles. The Hall–Kier alpha value is -1.34. The third-order valence-electron chi connectivity index (χ3n) is 5.67. The van der Waals surface area contributed by atoms with Gasteiger partial charge in [0.05, 0.1) is 18.1 Å². The zero-order valence-electron chi connectivity index (χ0n) is 18.0. The molecule has 1 amide bonds. The van der Waals surface area contributed by atoms with Crippen LogP contribution in [0.25, 0.3) is 0 Å². The van der Waals surface area contributed by atoms with Gasteiger partial charge in [-0.3, -0.25) is 4.79 Å². The van der Waals surface area contributed by atoms with Crippen LogP contribution in [0, 0.1) is 5.41 Å². The van der Waals surface area contributed by atoms with Crippen LogP contribution in [0.15, 0.2) is 0 Å². The van der Waals surface area contributed by atoms with Gasteiger partial charge in [-0.15, -0.1) is 0 Å². The molecule has 1 unspecified atom stereocenters. The van der Waals surface area contributed by atoms with Crippen LogP contribution in [-0.2, 0) is 14.3 Å². The number of piperidine rings is 1. The first-order chi connectivity index (χ1) is 13.1. The normalized spacial score (nSPS) is 28.7. The first-order valence-corrected chi connectivity index (χ1v) is 10.7. The standard InChI is InChI=1S/C21H38N2O5/c1-5-27-18(25)21(12-13-22-16-7-9-17(24)10-8-16)11-6-14-23(15-21)19(26)28-20(2,3)4/h16-17,22,24H,5-15H2,1-4H3. The fourth-order valence-corrected chi connectivity index (χ4v) is 4.17. The summed E-state index contributed by atoms with van der Waals surface area (Å²) in [4.78, 5) is 27.0. The van der Waals surface area contributed by atoms with E-state index in [0.29, 0.717) is 38.7 Å². The number of nitrogens with zero attached hydrogens (tertiary/aromatic N) is 1. The number of carbonyl (C=O) groups is 2. The van der Waals surface area contributed by atoms with Gasteiger partial charge in [-0.05, 0) is 79.2 Å². The molecule has 0 aromatic heterocycles. The number of aliphatic hydroxyl groups excluding tert-OH is 1. The van der Waals surface area contributed by atoms with Gasteiger partial charge < -0.3 is 24.8 Å². The molecule has 0 bridgehead atoms. The van der Waals surface area contributed by atoms with E-state index >= 15 is 0 Å². The molecule has 0 radical (unpaired) electrons. The van der Waals surface area contributed by atoms with Gasteiger partial charge in [0.2, 0.25) is 0 Å². The van der Waals surface area contributed by atoms with Crippen LogP contribution in [0.3, 0.4) is 0 Å². The molecule has 0 spiro atoms. The summed E-state index contributed by atoms with van der Waals surface area (Å²) >= 11 is 0. The highest BCUT2D eigenvalue weighted by molar-refractivity contribution is 5.79. The number of hydrogen-bond donors (Lipinski definition) is 2. The van der Waals surface area contributed by atoms with Gasteiger partial charge in [0.15, 0.2) is 0 Å². The maximum absolute atomic E-state index is 12.8. The largest absolute Gasteiger partial charge is 0.466 e. The van der Waals surface area contributed by atoms with E-state index in [9.17, 15) is 14.7 Å². The van der Waals surface area contributed by atoms with Gasteiger partial charge in [-0.2, -0.15) is 0 Å². The second kappa shape index (κ2) is 9.92. The molecule has 1 aliphatic carbocycles. The van der Waals surface area contributed by atoms with Gasteiger partial charge in [0, 0.05) is 19.1 Å². The Morgan fingerprint density at radius 2 is 1.89 bits per heavy atom. The van der Waals surface area contributed by atoms with Crippen molar-refractivity contribution in [3.05, 3.63) is 0 Å². The minimum absolute atomic E-state index is 0.176. The summed E-state index contributed by atoms with van der Waals surface area (Å²) in [6, 6.07) is 0.383. The summed E-state index contributed by atoms with van der Waals surface area (Å²) in [5, 5.41) is 13.2. The smallest absolute Gasteiger partial charge is 0.410 e. The number of hydrogen-bond acceptors (Lipinski definition) is 6. The molecule has 2 N–H and O–H groups in total. The Balaban J connectivity index is 1.99. The van der Waals surface area contributed by atoms with Gasteiger partial charge >= 0.3 is 12.1 Å². The molecule has 2 rings (SSSR count). The molecule has 0 aromatic rings. The zero-order valence-corrected chi connectivity index (χ0v) is 18.0. The van der Waals surface area contributed by atoms with Crippen molar-refractivity contribution in [2.24, 2.45) is 5.41 Å². The van der Waals surface area contributed by atoms with E-state index in [0.717, 1.165) is 38.5 Å². The highest BCUT2D eigenvalue weighted by Crippen LogP contribution is 2.35. The number of nitrogens with one attached hydrogen (secondary N) is 1. The van der Waals surface area contributed by atoms with Gasteiger partial charge in [-0.25, -0.2) is 4.79 Å². The van der Waals surface area contributed by atoms with Crippen LogP contribution < -0.4 is 5.32 Å². The number of carbonyl (C=O) groups excluding carboxylic acids is 2. The van der Waals surface area contributed by atoms with Crippen LogP contribution in [0.4, 0.5) is 4.79 Å². The average Bonchev–Trinajstić information content (AvgIpc) is 2.62. The van der Waals surface area contributed by atoms with Crippen molar-refractivity contribution in [3.8, 4) is 0 Å². The maximum atomic E-state index is 12.8. The molecule has 1 saturated heterocycles. The lowest BCUT2D eigenvalue weighted by Crippen LogP contribution is -2.52. The fourth-order valence-electron chi connectivity index (χ4n) is 4.17. The Labute approximate surface area is 169 Å². The summed E-state index contributed by atoms with van der Waals surface area (Å²) in [5.41, 5.74) is -1.25. The summed E-state index contributed by atoms with van der Waals surface area (Å²) in [6.45, 7) is 9.32. The lowest BCUT2D eigenvalue weighted by Gasteiger charge is -2.41. The van der Waals surface area contributed by atoms with Crippen molar-refractivity contribution in [2.75, 3.05) is 26.2 Å². The van der Waals surface area contributed by atoms with Crippen molar-refractivity contribution in [2.45, 2.75) is 90.4 Å². The number of ether oxygens (including phenoxy) is 2. The molecule has 2 aliphatic rings. The Morgan fingerprint density at radius 1 is 1.21 bits per heavy atom. The van der Waals surface area contributed by atoms with Gasteiger partial charge in [0.1, 0.15) is 5.60 Å². The Morgan fingerprint density at radius 3 is 2.50 bits per heavy atom. The van der Waals surface area contributed by atoms with E-state index in [1.165, 1.54) is 0 Å². The second-order valence-corrected chi connectivity index (χ2v) is 9.22. The highest BCUT2D eigenvalue weighted by atomic mass is 16.6. The quantitative estimate of drug-likeness (QED) is 0.669. The van der Waals surface area contributed by atoms with Crippen molar-refractivity contribution in [3.63, 3.8) is 0 Å². The minimum atomic E-state index is -0.688. The van der Waals surface area contributed by atoms with Crippen LogP contribution in [0.1, 0.15) is 72.6 Å². The lowest BCUT2D eigenvalue weighted by atomic mass is 9.77. The first kappa shape index (κ1) is 22.9. The van der Waals surface area contributed by atoms with E-state index in [-0.39, 0.29) is 18.2 Å². The third kappa shape index (κ3) is 6.62. The molecule has 0 aromatic carbocycles. The van der Waals surface area contributed by atoms with E-state index in [1.807, 2.05) is 27.7 Å². The third-order valence-corrected chi connectivity index (χ3v) is 5.67. The van der Waals surface area contributed by atoms with Gasteiger partial charge in [0.25, 0.3) is 0 Å². The predicted molar refractivity (Wildman–Crippen MR) is 107 cm³/mol. The van der Waals surface area contributed by atoms with Crippen molar-refractivity contribution in [1.29, 1.82) is 0 Å². The molecule has 7 nitrogen and oxygen atoms in total. The zero-order chi connectivity index (χ0) is 20.8. The Kier molecular flexibility index (Phi) is 8.13. The number of aliphatic hydroxyl groups is 1. The average molecular weight is 399 g/mol. The predicted octanol–water partition coefficient (Wildman–Crippen LogP) is 2.85. The van der Waals surface area contributed by atoms with E-state index in [1.54, 1.807) is 4.90 Å². The minimum Gasteiger partial charge on any atom is -0.466 e. The molecule has 1 aliphatic heterocycles. The molecule has 28 heavy (non-hydrogen) atoms. The molecule has 7 heteroatoms. The van der Waals surface area contributed by atoms with Gasteiger partial charge in [-0.1, -0.05) is 0 Å². The topological polar surface area (TPSA) is 88.1 Å². The molecule has 1 atom stereocenters.